The quantitative estimate of drug-likeness (QED) is 0.487. The van der Waals surface area contributed by atoms with Crippen molar-refractivity contribution in [2.24, 2.45) is 0 Å². The topological polar surface area (TPSA) is 71.4 Å². The molecule has 4 amide bonds. The van der Waals surface area contributed by atoms with Gasteiger partial charge in [0, 0.05) is 17.1 Å². The second-order valence-electron chi connectivity index (χ2n) is 7.98. The second-order valence-corrected chi connectivity index (χ2v) is 7.98. The number of urea groups is 1. The fourth-order valence-electron chi connectivity index (χ4n) is 3.95. The largest absolute Gasteiger partial charge is 0.335 e. The zero-order chi connectivity index (χ0) is 23.0. The summed E-state index contributed by atoms with van der Waals surface area (Å²) in [4.78, 5) is 39.2. The standard InChI is InChI=1S/C26H25N3O3/c1-5-19-8-12-22(13-9-19)29-25(31)23(24(30)27-26(29)32)15-20-14-17(3)28(18(20)4)21-10-6-16(2)7-11-21/h6-15H,5H2,1-4H3,(H,27,30,32)/b23-15+. The van der Waals surface area contributed by atoms with Gasteiger partial charge in [0.25, 0.3) is 11.8 Å². The summed E-state index contributed by atoms with van der Waals surface area (Å²) in [7, 11) is 0. The van der Waals surface area contributed by atoms with Crippen molar-refractivity contribution in [1.29, 1.82) is 0 Å². The summed E-state index contributed by atoms with van der Waals surface area (Å²) in [5.41, 5.74) is 6.23. The number of aryl methyl sites for hydroxylation is 3. The Hall–Kier alpha value is -3.93. The molecule has 1 fully saturated rings. The lowest BCUT2D eigenvalue weighted by molar-refractivity contribution is -0.122. The first-order chi connectivity index (χ1) is 15.3. The van der Waals surface area contributed by atoms with Crippen molar-refractivity contribution in [3.8, 4) is 5.69 Å². The molecule has 2 heterocycles. The number of amides is 4. The Bertz CT molecular complexity index is 1250. The summed E-state index contributed by atoms with van der Waals surface area (Å²) in [6, 6.07) is 16.5. The molecule has 1 aliphatic rings. The predicted octanol–water partition coefficient (Wildman–Crippen LogP) is 4.63. The molecule has 4 rings (SSSR count). The SMILES string of the molecule is CCc1ccc(N2C(=O)NC(=O)/C(=C\c3cc(C)n(-c4ccc(C)cc4)c3C)C2=O)cc1. The molecule has 0 aliphatic carbocycles. The van der Waals surface area contributed by atoms with Gasteiger partial charge in [-0.1, -0.05) is 36.8 Å². The van der Waals surface area contributed by atoms with Crippen LogP contribution in [0, 0.1) is 20.8 Å². The number of carbonyl (C=O) groups excluding carboxylic acids is 3. The molecule has 0 saturated carbocycles. The van der Waals surface area contributed by atoms with Crippen LogP contribution in [-0.2, 0) is 16.0 Å². The fourth-order valence-corrected chi connectivity index (χ4v) is 3.95. The van der Waals surface area contributed by atoms with Crippen LogP contribution in [-0.4, -0.2) is 22.4 Å². The lowest BCUT2D eigenvalue weighted by atomic mass is 10.1. The molecule has 1 N–H and O–H groups in total. The highest BCUT2D eigenvalue weighted by Gasteiger charge is 2.37. The number of hydrogen-bond donors (Lipinski definition) is 1. The molecule has 0 atom stereocenters. The number of benzene rings is 2. The Morgan fingerprint density at radius 1 is 0.875 bits per heavy atom. The van der Waals surface area contributed by atoms with E-state index < -0.39 is 17.8 Å². The Morgan fingerprint density at radius 3 is 2.12 bits per heavy atom. The van der Waals surface area contributed by atoms with Crippen molar-refractivity contribution < 1.29 is 14.4 Å². The van der Waals surface area contributed by atoms with Gasteiger partial charge in [-0.3, -0.25) is 14.9 Å². The summed E-state index contributed by atoms with van der Waals surface area (Å²) >= 11 is 0. The number of hydrogen-bond acceptors (Lipinski definition) is 3. The molecule has 0 bridgehead atoms. The first-order valence-electron chi connectivity index (χ1n) is 10.6. The lowest BCUT2D eigenvalue weighted by Crippen LogP contribution is -2.54. The molecule has 0 spiro atoms. The molecule has 162 valence electrons. The van der Waals surface area contributed by atoms with E-state index in [9.17, 15) is 14.4 Å². The normalized spacial score (nSPS) is 15.4. The molecule has 3 aromatic rings. The van der Waals surface area contributed by atoms with E-state index in [1.807, 2.05) is 70.2 Å². The van der Waals surface area contributed by atoms with Crippen LogP contribution in [0.25, 0.3) is 11.8 Å². The third-order valence-electron chi connectivity index (χ3n) is 5.77. The lowest BCUT2D eigenvalue weighted by Gasteiger charge is -2.26. The monoisotopic (exact) mass is 427 g/mol. The molecule has 6 heteroatoms. The summed E-state index contributed by atoms with van der Waals surface area (Å²) in [5, 5.41) is 2.29. The fraction of sp³-hybridized carbons (Fsp3) is 0.192. The zero-order valence-electron chi connectivity index (χ0n) is 18.6. The van der Waals surface area contributed by atoms with Gasteiger partial charge in [0.15, 0.2) is 0 Å². The van der Waals surface area contributed by atoms with Gasteiger partial charge in [-0.2, -0.15) is 0 Å². The first kappa shape index (κ1) is 21.3. The van der Waals surface area contributed by atoms with Gasteiger partial charge in [0.05, 0.1) is 5.69 Å². The van der Waals surface area contributed by atoms with Crippen molar-refractivity contribution in [2.45, 2.75) is 34.1 Å². The molecule has 1 saturated heterocycles. The summed E-state index contributed by atoms with van der Waals surface area (Å²) in [6.07, 6.45) is 2.41. The maximum Gasteiger partial charge on any atom is 0.335 e. The number of rotatable bonds is 4. The van der Waals surface area contributed by atoms with Crippen molar-refractivity contribution in [3.63, 3.8) is 0 Å². The highest BCUT2D eigenvalue weighted by Crippen LogP contribution is 2.26. The number of carbonyl (C=O) groups is 3. The third kappa shape index (κ3) is 3.75. The minimum atomic E-state index is -0.744. The molecular weight excluding hydrogens is 402 g/mol. The van der Waals surface area contributed by atoms with Crippen LogP contribution in [0.4, 0.5) is 10.5 Å². The molecule has 0 radical (unpaired) electrons. The van der Waals surface area contributed by atoms with Crippen LogP contribution in [0.2, 0.25) is 0 Å². The van der Waals surface area contributed by atoms with Crippen LogP contribution in [0.5, 0.6) is 0 Å². The van der Waals surface area contributed by atoms with Gasteiger partial charge >= 0.3 is 6.03 Å². The van der Waals surface area contributed by atoms with E-state index in [2.05, 4.69) is 9.88 Å². The molecule has 2 aromatic carbocycles. The molecular formula is C26H25N3O3. The van der Waals surface area contributed by atoms with Crippen LogP contribution < -0.4 is 10.2 Å². The number of nitrogens with one attached hydrogen (secondary N) is 1. The van der Waals surface area contributed by atoms with Crippen LogP contribution in [0.1, 0.15) is 35.0 Å². The maximum atomic E-state index is 13.2. The summed E-state index contributed by atoms with van der Waals surface area (Å²) < 4.78 is 2.07. The number of nitrogens with zero attached hydrogens (tertiary/aromatic N) is 2. The van der Waals surface area contributed by atoms with Gasteiger partial charge in [0.2, 0.25) is 0 Å². The Kier molecular flexibility index (Phi) is 5.53. The average molecular weight is 428 g/mol. The zero-order valence-corrected chi connectivity index (χ0v) is 18.6. The van der Waals surface area contributed by atoms with E-state index in [1.54, 1.807) is 18.2 Å². The van der Waals surface area contributed by atoms with Gasteiger partial charge in [-0.05, 0) is 74.7 Å². The Morgan fingerprint density at radius 2 is 1.50 bits per heavy atom. The van der Waals surface area contributed by atoms with E-state index >= 15 is 0 Å². The molecule has 1 aliphatic heterocycles. The second kappa shape index (κ2) is 8.30. The van der Waals surface area contributed by atoms with Crippen molar-refractivity contribution in [2.75, 3.05) is 4.90 Å². The number of imide groups is 2. The predicted molar refractivity (Wildman–Crippen MR) is 125 cm³/mol. The number of barbiturate groups is 1. The summed E-state index contributed by atoms with van der Waals surface area (Å²) in [6.45, 7) is 7.98. The Balaban J connectivity index is 1.73. The molecule has 32 heavy (non-hydrogen) atoms. The molecule has 1 aromatic heterocycles. The van der Waals surface area contributed by atoms with Crippen molar-refractivity contribution in [3.05, 3.63) is 88.2 Å². The minimum Gasteiger partial charge on any atom is -0.318 e. The third-order valence-corrected chi connectivity index (χ3v) is 5.77. The van der Waals surface area contributed by atoms with Crippen LogP contribution in [0.3, 0.4) is 0 Å². The van der Waals surface area contributed by atoms with Crippen LogP contribution >= 0.6 is 0 Å². The van der Waals surface area contributed by atoms with Gasteiger partial charge in [0.1, 0.15) is 5.57 Å². The van der Waals surface area contributed by atoms with Crippen molar-refractivity contribution >= 4 is 29.6 Å². The van der Waals surface area contributed by atoms with Crippen molar-refractivity contribution in [1.82, 2.24) is 9.88 Å². The molecule has 0 unspecified atom stereocenters. The highest BCUT2D eigenvalue weighted by atomic mass is 16.2. The minimum absolute atomic E-state index is 0.0756. The van der Waals surface area contributed by atoms with Gasteiger partial charge in [-0.25, -0.2) is 9.69 Å². The van der Waals surface area contributed by atoms with Crippen LogP contribution in [0.15, 0.2) is 60.2 Å². The highest BCUT2D eigenvalue weighted by molar-refractivity contribution is 6.39. The Labute approximate surface area is 187 Å². The smallest absolute Gasteiger partial charge is 0.318 e. The number of anilines is 1. The maximum absolute atomic E-state index is 13.2. The molecule has 6 nitrogen and oxygen atoms in total. The van der Waals surface area contributed by atoms with E-state index in [0.29, 0.717) is 5.69 Å². The van der Waals surface area contributed by atoms with E-state index in [0.717, 1.165) is 39.5 Å². The van der Waals surface area contributed by atoms with E-state index in [4.69, 9.17) is 0 Å². The van der Waals surface area contributed by atoms with E-state index in [1.165, 1.54) is 5.56 Å². The van der Waals surface area contributed by atoms with Gasteiger partial charge in [-0.15, -0.1) is 0 Å². The average Bonchev–Trinajstić information content (AvgIpc) is 3.05. The number of aromatic nitrogens is 1. The van der Waals surface area contributed by atoms with E-state index in [-0.39, 0.29) is 5.57 Å². The first-order valence-corrected chi connectivity index (χ1v) is 10.6. The summed E-state index contributed by atoms with van der Waals surface area (Å²) in [5.74, 6) is -1.33. The van der Waals surface area contributed by atoms with Gasteiger partial charge < -0.3 is 4.57 Å².